The monoisotopic (exact) mass is 510 g/mol. The number of amides is 4. The van der Waals surface area contributed by atoms with Gasteiger partial charge in [0.1, 0.15) is 11.4 Å². The van der Waals surface area contributed by atoms with E-state index in [1.54, 1.807) is 40.3 Å². The summed E-state index contributed by atoms with van der Waals surface area (Å²) < 4.78 is 0. The van der Waals surface area contributed by atoms with Gasteiger partial charge in [0, 0.05) is 39.3 Å². The summed E-state index contributed by atoms with van der Waals surface area (Å²) in [6.07, 6.45) is 3.20. The maximum Gasteiger partial charge on any atom is 0.269 e. The minimum Gasteiger partial charge on any atom is -0.344 e. The Labute approximate surface area is 222 Å². The predicted octanol–water partition coefficient (Wildman–Crippen LogP) is 3.40. The Bertz CT molecular complexity index is 1250. The third-order valence-corrected chi connectivity index (χ3v) is 5.40. The minimum absolute atomic E-state index is 0.117. The van der Waals surface area contributed by atoms with E-state index in [1.165, 1.54) is 34.1 Å². The molecule has 0 unspecified atom stereocenters. The van der Waals surface area contributed by atoms with Crippen molar-refractivity contribution in [3.8, 4) is 0 Å². The number of nitrogens with zero attached hydrogens (tertiary/aromatic N) is 2. The summed E-state index contributed by atoms with van der Waals surface area (Å²) in [6, 6.07) is 24.3. The van der Waals surface area contributed by atoms with Gasteiger partial charge in [-0.15, -0.1) is 0 Å². The van der Waals surface area contributed by atoms with Crippen molar-refractivity contribution in [2.45, 2.75) is 0 Å². The predicted molar refractivity (Wildman–Crippen MR) is 148 cm³/mol. The molecule has 194 valence electrons. The molecule has 0 saturated heterocycles. The molecule has 2 N–H and O–H groups in total. The Kier molecular flexibility index (Phi) is 9.31. The number of rotatable bonds is 8. The van der Waals surface area contributed by atoms with Gasteiger partial charge in [-0.05, 0) is 47.5 Å². The second-order valence-electron chi connectivity index (χ2n) is 8.82. The Morgan fingerprint density at radius 1 is 0.526 bits per heavy atom. The van der Waals surface area contributed by atoms with Gasteiger partial charge in [0.15, 0.2) is 0 Å². The second-order valence-corrected chi connectivity index (χ2v) is 8.82. The molecule has 8 heteroatoms. The fraction of sp³-hybridized carbons (Fsp3) is 0.133. The highest BCUT2D eigenvalue weighted by Gasteiger charge is 2.19. The van der Waals surface area contributed by atoms with Crippen LogP contribution in [0.2, 0.25) is 0 Å². The van der Waals surface area contributed by atoms with Gasteiger partial charge < -0.3 is 20.4 Å². The number of hydrogen-bond acceptors (Lipinski definition) is 4. The molecule has 3 rings (SSSR count). The third kappa shape index (κ3) is 7.51. The molecule has 0 heterocycles. The Balaban J connectivity index is 1.78. The molecule has 38 heavy (non-hydrogen) atoms. The van der Waals surface area contributed by atoms with Gasteiger partial charge in [0.05, 0.1) is 0 Å². The summed E-state index contributed by atoms with van der Waals surface area (Å²) in [5, 5.41) is 5.34. The molecule has 0 bridgehead atoms. The summed E-state index contributed by atoms with van der Waals surface area (Å²) in [5.41, 5.74) is 2.28. The zero-order valence-corrected chi connectivity index (χ0v) is 21.8. The fourth-order valence-corrected chi connectivity index (χ4v) is 3.38. The minimum atomic E-state index is -0.498. The van der Waals surface area contributed by atoms with Gasteiger partial charge in [-0.3, -0.25) is 19.2 Å². The van der Waals surface area contributed by atoms with Crippen molar-refractivity contribution >= 4 is 35.8 Å². The first-order valence-corrected chi connectivity index (χ1v) is 11.8. The molecule has 0 spiro atoms. The van der Waals surface area contributed by atoms with Crippen LogP contribution in [0.25, 0.3) is 12.2 Å². The Morgan fingerprint density at radius 2 is 0.842 bits per heavy atom. The standard InChI is InChI=1S/C30H30N4O4/c1-33(2)29(37)25(19-21-11-7-5-8-12-21)31-27(35)23-15-17-24(18-16-23)28(36)32-26(30(38)34(3)4)20-22-13-9-6-10-14-22/h5-20H,1-4H3,(H,31,35)(H,32,36)/b25-19+,26-20+. The van der Waals surface area contributed by atoms with E-state index in [-0.39, 0.29) is 34.3 Å². The first kappa shape index (κ1) is 27.6. The average molecular weight is 511 g/mol. The molecule has 0 aliphatic heterocycles. The van der Waals surface area contributed by atoms with Crippen LogP contribution in [0.1, 0.15) is 31.8 Å². The van der Waals surface area contributed by atoms with Crippen molar-refractivity contribution in [2.24, 2.45) is 0 Å². The molecule has 3 aromatic rings. The molecule has 0 atom stereocenters. The molecule has 0 aliphatic carbocycles. The second kappa shape index (κ2) is 12.8. The number of nitrogens with one attached hydrogen (secondary N) is 2. The van der Waals surface area contributed by atoms with Crippen LogP contribution in [0, 0.1) is 0 Å². The lowest BCUT2D eigenvalue weighted by atomic mass is 10.1. The molecule has 4 amide bonds. The smallest absolute Gasteiger partial charge is 0.269 e. The topological polar surface area (TPSA) is 98.8 Å². The molecule has 0 fully saturated rings. The zero-order valence-electron chi connectivity index (χ0n) is 21.8. The normalized spacial score (nSPS) is 11.4. The molecular formula is C30H30N4O4. The highest BCUT2D eigenvalue weighted by atomic mass is 16.2. The largest absolute Gasteiger partial charge is 0.344 e. The average Bonchev–Trinajstić information content (AvgIpc) is 2.92. The van der Waals surface area contributed by atoms with Crippen molar-refractivity contribution in [3.05, 3.63) is 119 Å². The van der Waals surface area contributed by atoms with E-state index in [9.17, 15) is 19.2 Å². The van der Waals surface area contributed by atoms with Crippen LogP contribution in [-0.4, -0.2) is 61.6 Å². The number of carbonyl (C=O) groups excluding carboxylic acids is 4. The molecule has 0 aromatic heterocycles. The summed E-state index contributed by atoms with van der Waals surface area (Å²) in [4.78, 5) is 53.9. The van der Waals surface area contributed by atoms with E-state index in [1.807, 2.05) is 60.7 Å². The van der Waals surface area contributed by atoms with E-state index < -0.39 is 11.8 Å². The summed E-state index contributed by atoms with van der Waals surface area (Å²) in [7, 11) is 6.40. The number of likely N-dealkylation sites (N-methyl/N-ethyl adjacent to an activating group) is 2. The lowest BCUT2D eigenvalue weighted by molar-refractivity contribution is -0.125. The zero-order chi connectivity index (χ0) is 27.7. The van der Waals surface area contributed by atoms with Crippen LogP contribution < -0.4 is 10.6 Å². The number of carbonyl (C=O) groups is 4. The van der Waals surface area contributed by atoms with E-state index >= 15 is 0 Å². The lowest BCUT2D eigenvalue weighted by Gasteiger charge is -2.16. The van der Waals surface area contributed by atoms with Crippen molar-refractivity contribution in [2.75, 3.05) is 28.2 Å². The van der Waals surface area contributed by atoms with Gasteiger partial charge in [0.25, 0.3) is 23.6 Å². The van der Waals surface area contributed by atoms with Crippen LogP contribution in [0.15, 0.2) is 96.3 Å². The molecule has 0 radical (unpaired) electrons. The Morgan fingerprint density at radius 3 is 1.13 bits per heavy atom. The van der Waals surface area contributed by atoms with Gasteiger partial charge in [0.2, 0.25) is 0 Å². The van der Waals surface area contributed by atoms with Crippen molar-refractivity contribution in [1.82, 2.24) is 20.4 Å². The first-order chi connectivity index (χ1) is 18.2. The summed E-state index contributed by atoms with van der Waals surface area (Å²) in [6.45, 7) is 0. The quantitative estimate of drug-likeness (QED) is 0.454. The maximum absolute atomic E-state index is 12.9. The van der Waals surface area contributed by atoms with E-state index in [0.717, 1.165) is 11.1 Å². The van der Waals surface area contributed by atoms with Crippen LogP contribution in [0.4, 0.5) is 0 Å². The van der Waals surface area contributed by atoms with Crippen molar-refractivity contribution in [1.29, 1.82) is 0 Å². The van der Waals surface area contributed by atoms with Gasteiger partial charge >= 0.3 is 0 Å². The molecule has 0 saturated carbocycles. The van der Waals surface area contributed by atoms with Crippen molar-refractivity contribution < 1.29 is 19.2 Å². The summed E-state index contributed by atoms with van der Waals surface area (Å²) in [5.74, 6) is -1.72. The number of benzene rings is 3. The lowest BCUT2D eigenvalue weighted by Crippen LogP contribution is -2.34. The molecule has 3 aromatic carbocycles. The van der Waals surface area contributed by atoms with Gasteiger partial charge in [-0.1, -0.05) is 60.7 Å². The van der Waals surface area contributed by atoms with E-state index in [0.29, 0.717) is 0 Å². The fourth-order valence-electron chi connectivity index (χ4n) is 3.38. The van der Waals surface area contributed by atoms with Crippen LogP contribution in [0.3, 0.4) is 0 Å². The third-order valence-electron chi connectivity index (χ3n) is 5.40. The highest BCUT2D eigenvalue weighted by molar-refractivity contribution is 6.07. The van der Waals surface area contributed by atoms with Gasteiger partial charge in [-0.25, -0.2) is 0 Å². The number of hydrogen-bond donors (Lipinski definition) is 2. The first-order valence-electron chi connectivity index (χ1n) is 11.8. The van der Waals surface area contributed by atoms with E-state index in [2.05, 4.69) is 10.6 Å². The van der Waals surface area contributed by atoms with E-state index in [4.69, 9.17) is 0 Å². The van der Waals surface area contributed by atoms with Crippen LogP contribution in [0.5, 0.6) is 0 Å². The van der Waals surface area contributed by atoms with Crippen LogP contribution in [-0.2, 0) is 9.59 Å². The molecule has 0 aliphatic rings. The van der Waals surface area contributed by atoms with Crippen LogP contribution >= 0.6 is 0 Å². The molecule has 8 nitrogen and oxygen atoms in total. The van der Waals surface area contributed by atoms with Gasteiger partial charge in [-0.2, -0.15) is 0 Å². The summed E-state index contributed by atoms with van der Waals surface area (Å²) >= 11 is 0. The SMILES string of the molecule is CN(C)C(=O)/C(=C\c1ccccc1)NC(=O)c1ccc(C(=O)N/C(=C/c2ccccc2)C(=O)N(C)C)cc1. The maximum atomic E-state index is 12.9. The molecular weight excluding hydrogens is 480 g/mol. The van der Waals surface area contributed by atoms with Crippen molar-refractivity contribution in [3.63, 3.8) is 0 Å². The highest BCUT2D eigenvalue weighted by Crippen LogP contribution is 2.12. The Hall–Kier alpha value is -4.98.